The Kier molecular flexibility index (Phi) is 6.55. The van der Waals surface area contributed by atoms with Gasteiger partial charge in [0, 0.05) is 31.6 Å². The van der Waals surface area contributed by atoms with Crippen LogP contribution in [0.4, 0.5) is 4.39 Å². The van der Waals surface area contributed by atoms with Crippen LogP contribution in [0.5, 0.6) is 0 Å². The number of aliphatic imine (C=N–C) groups is 1. The van der Waals surface area contributed by atoms with E-state index in [0.29, 0.717) is 19.1 Å². The van der Waals surface area contributed by atoms with E-state index >= 15 is 0 Å². The van der Waals surface area contributed by atoms with Crippen molar-refractivity contribution >= 4 is 5.96 Å². The van der Waals surface area contributed by atoms with Gasteiger partial charge in [-0.25, -0.2) is 9.38 Å². The van der Waals surface area contributed by atoms with Gasteiger partial charge in [-0.2, -0.15) is 0 Å². The molecular formula is C23H34FN7. The minimum Gasteiger partial charge on any atom is -0.355 e. The first-order valence-corrected chi connectivity index (χ1v) is 11.4. The number of likely N-dealkylation sites (N-methyl/N-ethyl adjacent to an activating group) is 1. The number of nitrogens with zero attached hydrogens (tertiary/aromatic N) is 5. The summed E-state index contributed by atoms with van der Waals surface area (Å²) < 4.78 is 16.4. The third kappa shape index (κ3) is 4.89. The molecule has 31 heavy (non-hydrogen) atoms. The van der Waals surface area contributed by atoms with Crippen molar-refractivity contribution in [3.8, 4) is 0 Å². The molecule has 0 amide bonds. The van der Waals surface area contributed by atoms with Gasteiger partial charge in [0.25, 0.3) is 0 Å². The van der Waals surface area contributed by atoms with Crippen molar-refractivity contribution < 1.29 is 4.39 Å². The molecule has 8 heteroatoms. The number of aryl methyl sites for hydroxylation is 1. The van der Waals surface area contributed by atoms with E-state index in [1.54, 1.807) is 12.1 Å². The van der Waals surface area contributed by atoms with Crippen LogP contribution >= 0.6 is 0 Å². The zero-order valence-corrected chi connectivity index (χ0v) is 18.9. The number of guanidine groups is 1. The third-order valence-electron chi connectivity index (χ3n) is 6.86. The van der Waals surface area contributed by atoms with Crippen molar-refractivity contribution in [1.82, 2.24) is 30.3 Å². The Labute approximate surface area is 184 Å². The number of hydrogen-bond acceptors (Lipinski definition) is 4. The Morgan fingerprint density at radius 3 is 2.74 bits per heavy atom. The highest BCUT2D eigenvalue weighted by atomic mass is 19.1. The minimum absolute atomic E-state index is 0.118. The average Bonchev–Trinajstić information content (AvgIpc) is 3.30. The number of aromatic nitrogens is 3. The van der Waals surface area contributed by atoms with Crippen molar-refractivity contribution in [2.45, 2.75) is 57.5 Å². The van der Waals surface area contributed by atoms with E-state index in [9.17, 15) is 4.39 Å². The topological polar surface area (TPSA) is 70.4 Å². The van der Waals surface area contributed by atoms with Crippen LogP contribution in [-0.4, -0.2) is 57.8 Å². The first-order chi connectivity index (χ1) is 15.0. The van der Waals surface area contributed by atoms with E-state index < -0.39 is 0 Å². The lowest BCUT2D eigenvalue weighted by molar-refractivity contribution is 0.267. The monoisotopic (exact) mass is 427 g/mol. The number of nitrogens with one attached hydrogen (secondary N) is 2. The molecular weight excluding hydrogens is 393 g/mol. The van der Waals surface area contributed by atoms with Gasteiger partial charge in [0.2, 0.25) is 0 Å². The quantitative estimate of drug-likeness (QED) is 0.500. The van der Waals surface area contributed by atoms with Crippen LogP contribution in [0.15, 0.2) is 29.3 Å². The fourth-order valence-corrected chi connectivity index (χ4v) is 4.51. The van der Waals surface area contributed by atoms with Crippen molar-refractivity contribution in [1.29, 1.82) is 0 Å². The summed E-state index contributed by atoms with van der Waals surface area (Å²) in [5.41, 5.74) is 0.663. The maximum Gasteiger partial charge on any atom is 0.191 e. The lowest BCUT2D eigenvalue weighted by atomic mass is 9.95. The molecule has 1 atom stereocenters. The summed E-state index contributed by atoms with van der Waals surface area (Å²) in [4.78, 5) is 7.30. The van der Waals surface area contributed by atoms with Crippen LogP contribution in [0, 0.1) is 12.7 Å². The molecule has 0 radical (unpaired) electrons. The Balaban J connectivity index is 1.44. The molecule has 1 unspecified atom stereocenters. The number of likely N-dealkylation sites (tertiary alicyclic amines) is 1. The standard InChI is InChI=1S/C23H34FN7/c1-4-31-13-7-8-18(31)14-25-22(26-15-21-29-28-17(2)30(21)3)27-16-23(11-12-23)19-9-5-6-10-20(19)24/h5-6,9-10,18H,4,7-8,11-16H2,1-3H3,(H2,25,26,27). The summed E-state index contributed by atoms with van der Waals surface area (Å²) >= 11 is 0. The second kappa shape index (κ2) is 9.34. The van der Waals surface area contributed by atoms with Gasteiger partial charge in [0.15, 0.2) is 11.8 Å². The molecule has 7 nitrogen and oxygen atoms in total. The van der Waals surface area contributed by atoms with Gasteiger partial charge < -0.3 is 15.2 Å². The number of rotatable bonds is 8. The normalized spacial score (nSPS) is 20.8. The van der Waals surface area contributed by atoms with E-state index in [1.165, 1.54) is 12.8 Å². The molecule has 2 fully saturated rings. The predicted octanol–water partition coefficient (Wildman–Crippen LogP) is 2.51. The van der Waals surface area contributed by atoms with Gasteiger partial charge in [0.05, 0.1) is 0 Å². The fourth-order valence-electron chi connectivity index (χ4n) is 4.51. The smallest absolute Gasteiger partial charge is 0.191 e. The number of hydrogen-bond donors (Lipinski definition) is 2. The molecule has 4 rings (SSSR count). The largest absolute Gasteiger partial charge is 0.355 e. The average molecular weight is 428 g/mol. The Hall–Kier alpha value is -2.48. The SMILES string of the molecule is CCN1CCCC1CNC(=NCc1nnc(C)n1C)NCC1(c2ccccc2F)CC1. The fraction of sp³-hybridized carbons (Fsp3) is 0.609. The maximum absolute atomic E-state index is 14.4. The second-order valence-corrected chi connectivity index (χ2v) is 8.81. The molecule has 1 aromatic carbocycles. The van der Waals surface area contributed by atoms with Crippen LogP contribution in [0.25, 0.3) is 0 Å². The van der Waals surface area contributed by atoms with Crippen molar-refractivity contribution in [2.75, 3.05) is 26.2 Å². The minimum atomic E-state index is -0.141. The van der Waals surface area contributed by atoms with Gasteiger partial charge in [-0.05, 0) is 57.3 Å². The van der Waals surface area contributed by atoms with E-state index in [-0.39, 0.29) is 11.2 Å². The summed E-state index contributed by atoms with van der Waals surface area (Å²) in [6.07, 6.45) is 4.43. The lowest BCUT2D eigenvalue weighted by Gasteiger charge is -2.25. The predicted molar refractivity (Wildman–Crippen MR) is 120 cm³/mol. The van der Waals surface area contributed by atoms with E-state index in [4.69, 9.17) is 4.99 Å². The molecule has 1 aliphatic carbocycles. The van der Waals surface area contributed by atoms with Crippen LogP contribution in [-0.2, 0) is 19.0 Å². The summed E-state index contributed by atoms with van der Waals surface area (Å²) in [6.45, 7) is 8.35. The first-order valence-electron chi connectivity index (χ1n) is 11.4. The van der Waals surface area contributed by atoms with Gasteiger partial charge in [-0.15, -0.1) is 10.2 Å². The van der Waals surface area contributed by atoms with Crippen molar-refractivity contribution in [3.05, 3.63) is 47.3 Å². The Morgan fingerprint density at radius 1 is 1.26 bits per heavy atom. The lowest BCUT2D eigenvalue weighted by Crippen LogP contribution is -2.46. The molecule has 168 valence electrons. The molecule has 2 heterocycles. The molecule has 1 aromatic heterocycles. The summed E-state index contributed by atoms with van der Waals surface area (Å²) in [7, 11) is 1.95. The van der Waals surface area contributed by atoms with Gasteiger partial charge in [-0.3, -0.25) is 4.90 Å². The highest BCUT2D eigenvalue weighted by molar-refractivity contribution is 5.80. The van der Waals surface area contributed by atoms with Crippen molar-refractivity contribution in [3.63, 3.8) is 0 Å². The molecule has 1 saturated carbocycles. The highest BCUT2D eigenvalue weighted by Gasteiger charge is 2.45. The van der Waals surface area contributed by atoms with Gasteiger partial charge in [-0.1, -0.05) is 25.1 Å². The molecule has 1 aliphatic heterocycles. The molecule has 2 aliphatic rings. The summed E-state index contributed by atoms with van der Waals surface area (Å²) in [5.74, 6) is 2.33. The van der Waals surface area contributed by atoms with Crippen LogP contribution < -0.4 is 10.6 Å². The number of halogens is 1. The van der Waals surface area contributed by atoms with E-state index in [1.807, 2.05) is 30.7 Å². The zero-order chi connectivity index (χ0) is 21.8. The second-order valence-electron chi connectivity index (χ2n) is 8.81. The molecule has 0 bridgehead atoms. The van der Waals surface area contributed by atoms with Crippen LogP contribution in [0.2, 0.25) is 0 Å². The van der Waals surface area contributed by atoms with Crippen LogP contribution in [0.3, 0.4) is 0 Å². The summed E-state index contributed by atoms with van der Waals surface area (Å²) in [6, 6.07) is 7.66. The highest BCUT2D eigenvalue weighted by Crippen LogP contribution is 2.48. The van der Waals surface area contributed by atoms with Gasteiger partial charge >= 0.3 is 0 Å². The zero-order valence-electron chi connectivity index (χ0n) is 18.9. The maximum atomic E-state index is 14.4. The summed E-state index contributed by atoms with van der Waals surface area (Å²) in [5, 5.41) is 15.4. The molecule has 2 N–H and O–H groups in total. The first kappa shape index (κ1) is 21.7. The van der Waals surface area contributed by atoms with E-state index in [0.717, 1.165) is 55.6 Å². The number of benzene rings is 1. The van der Waals surface area contributed by atoms with Gasteiger partial charge in [0.1, 0.15) is 18.2 Å². The van der Waals surface area contributed by atoms with E-state index in [2.05, 4.69) is 32.7 Å². The van der Waals surface area contributed by atoms with Crippen LogP contribution in [0.1, 0.15) is 49.8 Å². The molecule has 1 saturated heterocycles. The van der Waals surface area contributed by atoms with Crippen molar-refractivity contribution in [2.24, 2.45) is 12.0 Å². The molecule has 0 spiro atoms. The Bertz CT molecular complexity index is 918. The molecule has 2 aromatic rings. The third-order valence-corrected chi connectivity index (χ3v) is 6.86. The Morgan fingerprint density at radius 2 is 2.06 bits per heavy atom.